The topological polar surface area (TPSA) is 91.0 Å². The number of aliphatic hydroxyl groups excluding tert-OH is 1. The smallest absolute Gasteiger partial charge is 0.338 e. The van der Waals surface area contributed by atoms with Gasteiger partial charge >= 0.3 is 5.97 Å². The molecule has 0 saturated carbocycles. The highest BCUT2D eigenvalue weighted by molar-refractivity contribution is 5.90. The lowest BCUT2D eigenvalue weighted by Crippen LogP contribution is -2.26. The first-order valence-electron chi connectivity index (χ1n) is 5.98. The van der Waals surface area contributed by atoms with Gasteiger partial charge in [0.05, 0.1) is 19.3 Å². The molecule has 0 aliphatic carbocycles. The first kappa shape index (κ1) is 15.3. The summed E-state index contributed by atoms with van der Waals surface area (Å²) in [5.41, 5.74) is 5.65. The normalized spacial score (nSPS) is 11.8. The predicted octanol–water partition coefficient (Wildman–Crippen LogP) is 0.570. The minimum Gasteiger partial charge on any atom is -0.493 e. The summed E-state index contributed by atoms with van der Waals surface area (Å²) < 4.78 is 15.4. The summed E-state index contributed by atoms with van der Waals surface area (Å²) in [5, 5.41) is 9.36. The first-order chi connectivity index (χ1) is 9.12. The molecule has 1 aromatic rings. The minimum atomic E-state index is -0.768. The van der Waals surface area contributed by atoms with Crippen molar-refractivity contribution in [2.75, 3.05) is 26.9 Å². The minimum absolute atomic E-state index is 0.0269. The first-order valence-corrected chi connectivity index (χ1v) is 5.98. The third-order valence-corrected chi connectivity index (χ3v) is 2.38. The molecule has 0 aliphatic rings. The van der Waals surface area contributed by atoms with Crippen molar-refractivity contribution in [3.63, 3.8) is 0 Å². The highest BCUT2D eigenvalue weighted by atomic mass is 16.5. The van der Waals surface area contributed by atoms with E-state index >= 15 is 0 Å². The number of ether oxygens (including phenoxy) is 3. The molecule has 0 aromatic heterocycles. The molecule has 1 aromatic carbocycles. The second-order valence-electron chi connectivity index (χ2n) is 3.79. The van der Waals surface area contributed by atoms with E-state index in [4.69, 9.17) is 19.9 Å². The Kier molecular flexibility index (Phi) is 6.11. The molecule has 1 atom stereocenters. The van der Waals surface area contributed by atoms with Crippen LogP contribution in [0.4, 0.5) is 0 Å². The van der Waals surface area contributed by atoms with Crippen molar-refractivity contribution in [2.45, 2.75) is 13.0 Å². The van der Waals surface area contributed by atoms with Crippen LogP contribution in [-0.2, 0) is 4.74 Å². The molecule has 0 spiro atoms. The molecule has 3 N–H and O–H groups in total. The van der Waals surface area contributed by atoms with E-state index in [1.165, 1.54) is 13.2 Å². The third kappa shape index (κ3) is 4.42. The Bertz CT molecular complexity index is 421. The van der Waals surface area contributed by atoms with Gasteiger partial charge in [-0.2, -0.15) is 0 Å². The van der Waals surface area contributed by atoms with Gasteiger partial charge < -0.3 is 25.1 Å². The molecule has 0 fully saturated rings. The van der Waals surface area contributed by atoms with Crippen molar-refractivity contribution < 1.29 is 24.1 Å². The quantitative estimate of drug-likeness (QED) is 0.703. The fraction of sp³-hybridized carbons (Fsp3) is 0.462. The van der Waals surface area contributed by atoms with E-state index in [1.54, 1.807) is 19.1 Å². The number of esters is 1. The van der Waals surface area contributed by atoms with Crippen molar-refractivity contribution in [3.05, 3.63) is 23.8 Å². The van der Waals surface area contributed by atoms with Crippen molar-refractivity contribution in [2.24, 2.45) is 5.73 Å². The summed E-state index contributed by atoms with van der Waals surface area (Å²) in [6.45, 7) is 2.16. The molecule has 0 saturated heterocycles. The van der Waals surface area contributed by atoms with Crippen LogP contribution in [0.25, 0.3) is 0 Å². The molecule has 1 rings (SSSR count). The van der Waals surface area contributed by atoms with Crippen molar-refractivity contribution in [3.8, 4) is 11.5 Å². The number of hydrogen-bond donors (Lipinski definition) is 2. The van der Waals surface area contributed by atoms with Gasteiger partial charge in [-0.1, -0.05) is 0 Å². The zero-order chi connectivity index (χ0) is 14.3. The van der Waals surface area contributed by atoms with Crippen LogP contribution >= 0.6 is 0 Å². The van der Waals surface area contributed by atoms with Gasteiger partial charge in [0.2, 0.25) is 0 Å². The molecular weight excluding hydrogens is 250 g/mol. The van der Waals surface area contributed by atoms with E-state index in [-0.39, 0.29) is 13.2 Å². The Hall–Kier alpha value is -1.79. The van der Waals surface area contributed by atoms with Crippen LogP contribution in [0.3, 0.4) is 0 Å². The highest BCUT2D eigenvalue weighted by Gasteiger charge is 2.13. The summed E-state index contributed by atoms with van der Waals surface area (Å²) in [4.78, 5) is 11.6. The maximum Gasteiger partial charge on any atom is 0.338 e. The van der Waals surface area contributed by atoms with E-state index in [1.807, 2.05) is 0 Å². The van der Waals surface area contributed by atoms with Crippen molar-refractivity contribution in [1.82, 2.24) is 0 Å². The fourth-order valence-corrected chi connectivity index (χ4v) is 1.38. The van der Waals surface area contributed by atoms with Crippen molar-refractivity contribution >= 4 is 5.97 Å². The van der Waals surface area contributed by atoms with Gasteiger partial charge in [-0.05, 0) is 25.1 Å². The molecule has 6 nitrogen and oxygen atoms in total. The van der Waals surface area contributed by atoms with Gasteiger partial charge in [-0.3, -0.25) is 0 Å². The van der Waals surface area contributed by atoms with Crippen LogP contribution in [0.15, 0.2) is 18.2 Å². The number of aliphatic hydroxyl groups is 1. The van der Waals surface area contributed by atoms with E-state index in [0.717, 1.165) is 0 Å². The maximum atomic E-state index is 11.6. The Morgan fingerprint density at radius 2 is 2.16 bits per heavy atom. The van der Waals surface area contributed by atoms with Crippen LogP contribution < -0.4 is 15.2 Å². The van der Waals surface area contributed by atoms with E-state index in [9.17, 15) is 9.90 Å². The average molecular weight is 269 g/mol. The lowest BCUT2D eigenvalue weighted by atomic mass is 10.2. The summed E-state index contributed by atoms with van der Waals surface area (Å²) in [6.07, 6.45) is -0.768. The van der Waals surface area contributed by atoms with Crippen molar-refractivity contribution in [1.29, 1.82) is 0 Å². The number of nitrogens with two attached hydrogens (primary N) is 1. The zero-order valence-electron chi connectivity index (χ0n) is 11.1. The number of carbonyl (C=O) groups excluding carboxylic acids is 1. The van der Waals surface area contributed by atoms with Gasteiger partial charge in [-0.25, -0.2) is 4.79 Å². The second-order valence-corrected chi connectivity index (χ2v) is 3.79. The van der Waals surface area contributed by atoms with Gasteiger partial charge in [0.15, 0.2) is 11.5 Å². The SMILES string of the molecule is CCOC(=O)c1ccc(OC)c(OCC(O)CN)c1. The van der Waals surface area contributed by atoms with Gasteiger partial charge in [0.1, 0.15) is 12.7 Å². The molecule has 0 radical (unpaired) electrons. The summed E-state index contributed by atoms with van der Waals surface area (Å²) in [7, 11) is 1.49. The molecule has 6 heteroatoms. The molecule has 19 heavy (non-hydrogen) atoms. The lowest BCUT2D eigenvalue weighted by molar-refractivity contribution is 0.0525. The number of benzene rings is 1. The molecule has 0 amide bonds. The molecule has 0 heterocycles. The monoisotopic (exact) mass is 269 g/mol. The second kappa shape index (κ2) is 7.60. The van der Waals surface area contributed by atoms with Crippen LogP contribution in [0.5, 0.6) is 11.5 Å². The van der Waals surface area contributed by atoms with Gasteiger partial charge in [0, 0.05) is 6.54 Å². The summed E-state index contributed by atoms with van der Waals surface area (Å²) in [5.74, 6) is 0.396. The van der Waals surface area contributed by atoms with E-state index in [0.29, 0.717) is 23.7 Å². The van der Waals surface area contributed by atoms with E-state index in [2.05, 4.69) is 0 Å². The van der Waals surface area contributed by atoms with Gasteiger partial charge in [0.25, 0.3) is 0 Å². The Morgan fingerprint density at radius 1 is 1.42 bits per heavy atom. The highest BCUT2D eigenvalue weighted by Crippen LogP contribution is 2.28. The number of methoxy groups -OCH3 is 1. The largest absolute Gasteiger partial charge is 0.493 e. The summed E-state index contributed by atoms with van der Waals surface area (Å²) in [6, 6.07) is 4.71. The van der Waals surface area contributed by atoms with Gasteiger partial charge in [-0.15, -0.1) is 0 Å². The molecular formula is C13H19NO5. The maximum absolute atomic E-state index is 11.6. The number of carbonyl (C=O) groups is 1. The van der Waals surface area contributed by atoms with Crippen LogP contribution in [0, 0.1) is 0 Å². The number of hydrogen-bond acceptors (Lipinski definition) is 6. The zero-order valence-corrected chi connectivity index (χ0v) is 11.1. The summed E-state index contributed by atoms with van der Waals surface area (Å²) >= 11 is 0. The molecule has 0 bridgehead atoms. The average Bonchev–Trinajstić information content (AvgIpc) is 2.44. The lowest BCUT2D eigenvalue weighted by Gasteiger charge is -2.14. The Morgan fingerprint density at radius 3 is 2.74 bits per heavy atom. The predicted molar refractivity (Wildman–Crippen MR) is 69.5 cm³/mol. The standard InChI is InChI=1S/C13H19NO5/c1-3-18-13(16)9-4-5-11(17-2)12(6-9)19-8-10(15)7-14/h4-6,10,15H,3,7-8,14H2,1-2H3. The van der Waals surface area contributed by atoms with E-state index < -0.39 is 12.1 Å². The molecule has 0 aliphatic heterocycles. The molecule has 1 unspecified atom stereocenters. The fourth-order valence-electron chi connectivity index (χ4n) is 1.38. The van der Waals surface area contributed by atoms with Crippen LogP contribution in [0.1, 0.15) is 17.3 Å². The Labute approximate surface area is 112 Å². The third-order valence-electron chi connectivity index (χ3n) is 2.38. The number of rotatable bonds is 7. The van der Waals surface area contributed by atoms with Crippen LogP contribution in [-0.4, -0.2) is 44.0 Å². The molecule has 106 valence electrons. The van der Waals surface area contributed by atoms with Crippen LogP contribution in [0.2, 0.25) is 0 Å². The Balaban J connectivity index is 2.86.